The summed E-state index contributed by atoms with van der Waals surface area (Å²) in [5.41, 5.74) is 3.00. The first kappa shape index (κ1) is 25.2. The molecule has 0 atom stereocenters. The molecule has 2 heteroatoms. The quantitative estimate of drug-likeness (QED) is 0.293. The Hall–Kier alpha value is -2.89. The minimum atomic E-state index is -2.02. The third kappa shape index (κ3) is 5.07. The van der Waals surface area contributed by atoms with E-state index in [1.807, 2.05) is 0 Å². The molecule has 1 N–H and O–H groups in total. The molecule has 0 aliphatic carbocycles. The second kappa shape index (κ2) is 9.63. The molecule has 35 heavy (non-hydrogen) atoms. The fourth-order valence-electron chi connectivity index (χ4n) is 4.97. The van der Waals surface area contributed by atoms with Gasteiger partial charge in [0.05, 0.1) is 6.16 Å². The van der Waals surface area contributed by atoms with Crippen molar-refractivity contribution < 1.29 is 5.11 Å². The Kier molecular flexibility index (Phi) is 6.94. The monoisotopic (exact) mass is 481 g/mol. The largest absolute Gasteiger partial charge is 0.507 e. The lowest BCUT2D eigenvalue weighted by molar-refractivity contribution is 0.423. The van der Waals surface area contributed by atoms with Crippen LogP contribution >= 0.6 is 7.26 Å². The van der Waals surface area contributed by atoms with Crippen LogP contribution in [0.3, 0.4) is 0 Å². The lowest BCUT2D eigenvalue weighted by atomic mass is 9.78. The van der Waals surface area contributed by atoms with Gasteiger partial charge in [-0.15, -0.1) is 0 Å². The molecule has 0 aromatic heterocycles. The Morgan fingerprint density at radius 3 is 1.14 bits per heavy atom. The van der Waals surface area contributed by atoms with Crippen LogP contribution in [0, 0.1) is 0 Å². The van der Waals surface area contributed by atoms with Crippen LogP contribution < -0.4 is 15.9 Å². The molecule has 0 radical (unpaired) electrons. The van der Waals surface area contributed by atoms with E-state index in [-0.39, 0.29) is 10.8 Å². The van der Waals surface area contributed by atoms with E-state index in [1.54, 1.807) is 0 Å². The Bertz CT molecular complexity index is 1130. The van der Waals surface area contributed by atoms with Gasteiger partial charge in [-0.25, -0.2) is 0 Å². The average Bonchev–Trinajstić information content (AvgIpc) is 2.83. The number of phenols is 1. The Morgan fingerprint density at radius 2 is 0.857 bits per heavy atom. The zero-order valence-electron chi connectivity index (χ0n) is 21.9. The Balaban J connectivity index is 2.05. The SMILES string of the molecule is CC(C)(C)c1cc(C[P+](c2ccccc2)(c2ccccc2)c2ccccc2)cc(C(C)(C)C)c1O. The number of phenolic OH excluding ortho intramolecular Hbond substituents is 1. The smallest absolute Gasteiger partial charge is 0.123 e. The van der Waals surface area contributed by atoms with Crippen molar-refractivity contribution in [2.45, 2.75) is 58.5 Å². The zero-order chi connectivity index (χ0) is 25.3. The van der Waals surface area contributed by atoms with E-state index >= 15 is 0 Å². The van der Waals surface area contributed by atoms with Crippen LogP contribution in [-0.4, -0.2) is 5.11 Å². The van der Waals surface area contributed by atoms with Crippen molar-refractivity contribution >= 4 is 23.2 Å². The second-order valence-electron chi connectivity index (χ2n) is 11.5. The van der Waals surface area contributed by atoms with E-state index in [9.17, 15) is 5.11 Å². The number of aromatic hydroxyl groups is 1. The van der Waals surface area contributed by atoms with Crippen molar-refractivity contribution in [1.82, 2.24) is 0 Å². The molecule has 0 aliphatic rings. The maximum absolute atomic E-state index is 11.3. The summed E-state index contributed by atoms with van der Waals surface area (Å²) in [6.45, 7) is 13.1. The first-order chi connectivity index (χ1) is 16.5. The molecule has 4 rings (SSSR count). The fourth-order valence-corrected chi connectivity index (χ4v) is 9.19. The van der Waals surface area contributed by atoms with Gasteiger partial charge in [-0.1, -0.05) is 96.1 Å². The van der Waals surface area contributed by atoms with Gasteiger partial charge in [0.2, 0.25) is 0 Å². The summed E-state index contributed by atoms with van der Waals surface area (Å²) in [6.07, 6.45) is 0.900. The van der Waals surface area contributed by atoms with Crippen molar-refractivity contribution in [3.63, 3.8) is 0 Å². The zero-order valence-corrected chi connectivity index (χ0v) is 22.8. The molecule has 0 bridgehead atoms. The van der Waals surface area contributed by atoms with Crippen LogP contribution in [0.1, 0.15) is 58.2 Å². The van der Waals surface area contributed by atoms with Crippen LogP contribution in [0.25, 0.3) is 0 Å². The van der Waals surface area contributed by atoms with Gasteiger partial charge in [0.25, 0.3) is 0 Å². The third-order valence-electron chi connectivity index (χ3n) is 6.80. The van der Waals surface area contributed by atoms with E-state index in [4.69, 9.17) is 0 Å². The summed E-state index contributed by atoms with van der Waals surface area (Å²) < 4.78 is 0. The predicted molar refractivity (Wildman–Crippen MR) is 154 cm³/mol. The van der Waals surface area contributed by atoms with Gasteiger partial charge in [0.15, 0.2) is 0 Å². The standard InChI is InChI=1S/C33H37OP/c1-32(2,3)29-22-25(23-30(31(29)34)33(4,5)6)24-35(26-16-10-7-11-17-26,27-18-12-8-13-19-27)28-20-14-9-15-21-28/h7-23H,24H2,1-6H3/p+1. The van der Waals surface area contributed by atoms with E-state index in [1.165, 1.54) is 21.5 Å². The Morgan fingerprint density at radius 1 is 0.543 bits per heavy atom. The number of benzene rings is 4. The third-order valence-corrected chi connectivity index (χ3v) is 11.2. The van der Waals surface area contributed by atoms with E-state index < -0.39 is 7.26 Å². The first-order valence-corrected chi connectivity index (χ1v) is 14.4. The van der Waals surface area contributed by atoms with Gasteiger partial charge in [-0.3, -0.25) is 0 Å². The number of hydrogen-bond donors (Lipinski definition) is 1. The summed E-state index contributed by atoms with van der Waals surface area (Å²) in [4.78, 5) is 0. The van der Waals surface area contributed by atoms with Crippen molar-refractivity contribution in [2.24, 2.45) is 0 Å². The van der Waals surface area contributed by atoms with Gasteiger partial charge in [-0.2, -0.15) is 0 Å². The van der Waals surface area contributed by atoms with Gasteiger partial charge in [0.1, 0.15) is 28.9 Å². The van der Waals surface area contributed by atoms with Crippen molar-refractivity contribution in [3.8, 4) is 5.75 Å². The van der Waals surface area contributed by atoms with Crippen LogP contribution in [-0.2, 0) is 17.0 Å². The molecule has 0 saturated carbocycles. The molecular formula is C33H38OP+. The van der Waals surface area contributed by atoms with Crippen LogP contribution in [0.4, 0.5) is 0 Å². The molecule has 0 saturated heterocycles. The minimum Gasteiger partial charge on any atom is -0.507 e. The molecule has 180 valence electrons. The highest BCUT2D eigenvalue weighted by Crippen LogP contribution is 2.58. The number of hydrogen-bond acceptors (Lipinski definition) is 1. The van der Waals surface area contributed by atoms with Crippen LogP contribution in [0.2, 0.25) is 0 Å². The maximum Gasteiger partial charge on any atom is 0.123 e. The summed E-state index contributed by atoms with van der Waals surface area (Å²) in [7, 11) is -2.02. The molecule has 0 unspecified atom stereocenters. The van der Waals surface area contributed by atoms with Crippen LogP contribution in [0.15, 0.2) is 103 Å². The van der Waals surface area contributed by atoms with Crippen LogP contribution in [0.5, 0.6) is 5.75 Å². The predicted octanol–water partition coefficient (Wildman–Crippen LogP) is 7.48. The highest BCUT2D eigenvalue weighted by Gasteiger charge is 2.45. The number of rotatable bonds is 5. The van der Waals surface area contributed by atoms with E-state index in [0.29, 0.717) is 5.75 Å². The summed E-state index contributed by atoms with van der Waals surface area (Å²) in [5.74, 6) is 0.441. The van der Waals surface area contributed by atoms with Gasteiger partial charge >= 0.3 is 0 Å². The molecule has 0 spiro atoms. The molecule has 4 aromatic carbocycles. The van der Waals surface area contributed by atoms with Gasteiger partial charge < -0.3 is 5.11 Å². The normalized spacial score (nSPS) is 12.5. The molecule has 1 nitrogen and oxygen atoms in total. The highest BCUT2D eigenvalue weighted by atomic mass is 31.2. The summed E-state index contributed by atoms with van der Waals surface area (Å²) >= 11 is 0. The molecule has 0 aliphatic heterocycles. The second-order valence-corrected chi connectivity index (χ2v) is 15.0. The molecule has 0 heterocycles. The highest BCUT2D eigenvalue weighted by molar-refractivity contribution is 7.95. The van der Waals surface area contributed by atoms with E-state index in [2.05, 4.69) is 145 Å². The minimum absolute atomic E-state index is 0.159. The molecular weight excluding hydrogens is 443 g/mol. The molecule has 0 fully saturated rings. The lowest BCUT2D eigenvalue weighted by Gasteiger charge is -2.31. The molecule has 0 amide bonds. The average molecular weight is 482 g/mol. The summed E-state index contributed by atoms with van der Waals surface area (Å²) in [6, 6.07) is 37.6. The topological polar surface area (TPSA) is 20.2 Å². The van der Waals surface area contributed by atoms with Crippen molar-refractivity contribution in [2.75, 3.05) is 0 Å². The first-order valence-electron chi connectivity index (χ1n) is 12.5. The van der Waals surface area contributed by atoms with Gasteiger partial charge in [-0.05, 0) is 76.1 Å². The van der Waals surface area contributed by atoms with Crippen molar-refractivity contribution in [3.05, 3.63) is 120 Å². The van der Waals surface area contributed by atoms with Gasteiger partial charge in [0, 0.05) is 0 Å². The molecule has 4 aromatic rings. The van der Waals surface area contributed by atoms with Crippen molar-refractivity contribution in [1.29, 1.82) is 0 Å². The maximum atomic E-state index is 11.3. The Labute approximate surface area is 212 Å². The fraction of sp³-hybridized carbons (Fsp3) is 0.273. The summed E-state index contributed by atoms with van der Waals surface area (Å²) in [5, 5.41) is 15.5. The van der Waals surface area contributed by atoms with E-state index in [0.717, 1.165) is 17.3 Å². The lowest BCUT2D eigenvalue weighted by Crippen LogP contribution is -2.32.